The quantitative estimate of drug-likeness (QED) is 0.875. The number of nitrogens with zero attached hydrogens (tertiary/aromatic N) is 1. The van der Waals surface area contributed by atoms with Crippen molar-refractivity contribution >= 4 is 5.91 Å². The molecule has 1 unspecified atom stereocenters. The van der Waals surface area contributed by atoms with Gasteiger partial charge in [-0.05, 0) is 44.0 Å². The van der Waals surface area contributed by atoms with Crippen LogP contribution in [0.15, 0.2) is 18.2 Å². The molecule has 3 nitrogen and oxygen atoms in total. The predicted molar refractivity (Wildman–Crippen MR) is 78.2 cm³/mol. The first-order valence-electron chi connectivity index (χ1n) is 7.59. The third-order valence-corrected chi connectivity index (χ3v) is 3.83. The van der Waals surface area contributed by atoms with Crippen LogP contribution in [0.5, 0.6) is 0 Å². The third-order valence-electron chi connectivity index (χ3n) is 3.83. The van der Waals surface area contributed by atoms with Gasteiger partial charge in [-0.25, -0.2) is 8.78 Å². The molecule has 1 aromatic rings. The lowest BCUT2D eigenvalue weighted by molar-refractivity contribution is 0.0734. The molecule has 0 aromatic heterocycles. The van der Waals surface area contributed by atoms with Crippen LogP contribution in [0.25, 0.3) is 0 Å². The van der Waals surface area contributed by atoms with Crippen LogP contribution in [-0.4, -0.2) is 36.5 Å². The molecule has 1 aliphatic heterocycles. The van der Waals surface area contributed by atoms with Gasteiger partial charge < -0.3 is 10.2 Å². The molecule has 1 aromatic carbocycles. The Morgan fingerprint density at radius 1 is 1.43 bits per heavy atom. The number of hydrogen-bond donors (Lipinski definition) is 1. The Bertz CT molecular complexity index is 487. The lowest BCUT2D eigenvalue weighted by atomic mass is 10.1. The van der Waals surface area contributed by atoms with E-state index >= 15 is 0 Å². The Kier molecular flexibility index (Phi) is 5.67. The molecule has 21 heavy (non-hydrogen) atoms. The van der Waals surface area contributed by atoms with E-state index in [2.05, 4.69) is 5.32 Å². The average Bonchev–Trinajstić information content (AvgIpc) is 2.98. The molecule has 116 valence electrons. The third kappa shape index (κ3) is 4.24. The van der Waals surface area contributed by atoms with Crippen LogP contribution in [0.4, 0.5) is 8.78 Å². The molecular weight excluding hydrogens is 274 g/mol. The van der Waals surface area contributed by atoms with E-state index in [1.807, 2.05) is 6.92 Å². The smallest absolute Gasteiger partial charge is 0.256 e. The van der Waals surface area contributed by atoms with Gasteiger partial charge in [-0.1, -0.05) is 13.3 Å². The Labute approximate surface area is 124 Å². The van der Waals surface area contributed by atoms with E-state index in [4.69, 9.17) is 0 Å². The number of hydrogen-bond acceptors (Lipinski definition) is 2. The summed E-state index contributed by atoms with van der Waals surface area (Å²) in [4.78, 5) is 14.1. The lowest BCUT2D eigenvalue weighted by Gasteiger charge is -2.26. The maximum atomic E-state index is 13.8. The lowest BCUT2D eigenvalue weighted by Crippen LogP contribution is -2.42. The van der Waals surface area contributed by atoms with Crippen molar-refractivity contribution in [1.29, 1.82) is 0 Å². The van der Waals surface area contributed by atoms with Crippen LogP contribution < -0.4 is 5.32 Å². The molecule has 0 radical (unpaired) electrons. The Morgan fingerprint density at radius 2 is 2.24 bits per heavy atom. The fraction of sp³-hybridized carbons (Fsp3) is 0.562. The summed E-state index contributed by atoms with van der Waals surface area (Å²) < 4.78 is 27.1. The van der Waals surface area contributed by atoms with Crippen molar-refractivity contribution in [3.8, 4) is 0 Å². The fourth-order valence-corrected chi connectivity index (χ4v) is 2.64. The van der Waals surface area contributed by atoms with Gasteiger partial charge in [-0.2, -0.15) is 0 Å². The number of benzene rings is 1. The average molecular weight is 296 g/mol. The van der Waals surface area contributed by atoms with Gasteiger partial charge in [0.1, 0.15) is 11.6 Å². The zero-order chi connectivity index (χ0) is 15.2. The van der Waals surface area contributed by atoms with Gasteiger partial charge >= 0.3 is 0 Å². The Balaban J connectivity index is 2.13. The minimum atomic E-state index is -0.665. The molecule has 0 bridgehead atoms. The van der Waals surface area contributed by atoms with Gasteiger partial charge in [0.05, 0.1) is 5.56 Å². The number of rotatable bonds is 6. The van der Waals surface area contributed by atoms with E-state index in [9.17, 15) is 13.6 Å². The summed E-state index contributed by atoms with van der Waals surface area (Å²) in [6.07, 6.45) is 3.92. The molecule has 1 heterocycles. The number of nitrogens with one attached hydrogen (secondary N) is 1. The first-order chi connectivity index (χ1) is 10.1. The normalized spacial score (nSPS) is 18.0. The molecule has 2 rings (SSSR count). The zero-order valence-corrected chi connectivity index (χ0v) is 12.4. The van der Waals surface area contributed by atoms with E-state index < -0.39 is 17.5 Å². The predicted octanol–water partition coefficient (Wildman–Crippen LogP) is 2.96. The fourth-order valence-electron chi connectivity index (χ4n) is 2.64. The molecule has 5 heteroatoms. The molecule has 1 saturated heterocycles. The highest BCUT2D eigenvalue weighted by Crippen LogP contribution is 2.15. The van der Waals surface area contributed by atoms with Gasteiger partial charge in [-0.15, -0.1) is 0 Å². The van der Waals surface area contributed by atoms with Crippen LogP contribution in [0, 0.1) is 11.6 Å². The number of amides is 1. The van der Waals surface area contributed by atoms with Crippen molar-refractivity contribution in [2.24, 2.45) is 0 Å². The standard InChI is InChI=1S/C16H22F2N2O/c1-2-3-9-20(11-13-5-4-8-19-13)16(21)14-10-12(17)6-7-15(14)18/h6-7,10,13,19H,2-5,8-9,11H2,1H3. The first kappa shape index (κ1) is 15.9. The molecule has 1 atom stereocenters. The minimum absolute atomic E-state index is 0.177. The highest BCUT2D eigenvalue weighted by atomic mass is 19.1. The van der Waals surface area contributed by atoms with Crippen molar-refractivity contribution in [2.45, 2.75) is 38.6 Å². The molecule has 0 spiro atoms. The highest BCUT2D eigenvalue weighted by Gasteiger charge is 2.24. The van der Waals surface area contributed by atoms with E-state index in [1.54, 1.807) is 4.90 Å². The van der Waals surface area contributed by atoms with Crippen molar-refractivity contribution in [3.05, 3.63) is 35.4 Å². The number of unbranched alkanes of at least 4 members (excludes halogenated alkanes) is 1. The molecule has 0 aliphatic carbocycles. The van der Waals surface area contributed by atoms with Crippen molar-refractivity contribution < 1.29 is 13.6 Å². The minimum Gasteiger partial charge on any atom is -0.337 e. The number of carbonyl (C=O) groups excluding carboxylic acids is 1. The number of carbonyl (C=O) groups is 1. The number of halogens is 2. The van der Waals surface area contributed by atoms with Crippen LogP contribution in [0.2, 0.25) is 0 Å². The van der Waals surface area contributed by atoms with Gasteiger partial charge in [0.15, 0.2) is 0 Å². The molecule has 1 aliphatic rings. The maximum Gasteiger partial charge on any atom is 0.256 e. The maximum absolute atomic E-state index is 13.8. The molecule has 1 amide bonds. The van der Waals surface area contributed by atoms with Crippen molar-refractivity contribution in [3.63, 3.8) is 0 Å². The second kappa shape index (κ2) is 7.50. The van der Waals surface area contributed by atoms with Crippen molar-refractivity contribution in [2.75, 3.05) is 19.6 Å². The molecule has 0 saturated carbocycles. The summed E-state index contributed by atoms with van der Waals surface area (Å²) in [5.41, 5.74) is -0.177. The Hall–Kier alpha value is -1.49. The Morgan fingerprint density at radius 3 is 2.90 bits per heavy atom. The van der Waals surface area contributed by atoms with Crippen LogP contribution >= 0.6 is 0 Å². The second-order valence-electron chi connectivity index (χ2n) is 5.52. The monoisotopic (exact) mass is 296 g/mol. The molecule has 1 N–H and O–H groups in total. The first-order valence-corrected chi connectivity index (χ1v) is 7.59. The van der Waals surface area contributed by atoms with Gasteiger partial charge in [-0.3, -0.25) is 4.79 Å². The van der Waals surface area contributed by atoms with Gasteiger partial charge in [0.2, 0.25) is 0 Å². The van der Waals surface area contributed by atoms with E-state index in [-0.39, 0.29) is 11.6 Å². The summed E-state index contributed by atoms with van der Waals surface area (Å²) in [5, 5.41) is 3.33. The van der Waals surface area contributed by atoms with Gasteiger partial charge in [0, 0.05) is 19.1 Å². The van der Waals surface area contributed by atoms with Crippen molar-refractivity contribution in [1.82, 2.24) is 10.2 Å². The molecule has 1 fully saturated rings. The molecular formula is C16H22F2N2O. The van der Waals surface area contributed by atoms with Crippen LogP contribution in [0.1, 0.15) is 43.0 Å². The summed E-state index contributed by atoms with van der Waals surface area (Å²) in [6.45, 7) is 4.12. The van der Waals surface area contributed by atoms with E-state index in [0.29, 0.717) is 13.1 Å². The second-order valence-corrected chi connectivity index (χ2v) is 5.52. The zero-order valence-electron chi connectivity index (χ0n) is 12.4. The van der Waals surface area contributed by atoms with Gasteiger partial charge in [0.25, 0.3) is 5.91 Å². The topological polar surface area (TPSA) is 32.3 Å². The summed E-state index contributed by atoms with van der Waals surface area (Å²) >= 11 is 0. The van der Waals surface area contributed by atoms with E-state index in [0.717, 1.165) is 50.4 Å². The SMILES string of the molecule is CCCCN(CC1CCCN1)C(=O)c1cc(F)ccc1F. The van der Waals surface area contributed by atoms with Crippen LogP contribution in [-0.2, 0) is 0 Å². The van der Waals surface area contributed by atoms with E-state index in [1.165, 1.54) is 0 Å². The summed E-state index contributed by atoms with van der Waals surface area (Å²) in [5.74, 6) is -1.68. The van der Waals surface area contributed by atoms with Crippen LogP contribution in [0.3, 0.4) is 0 Å². The largest absolute Gasteiger partial charge is 0.337 e. The summed E-state index contributed by atoms with van der Waals surface area (Å²) in [6, 6.07) is 3.27. The highest BCUT2D eigenvalue weighted by molar-refractivity contribution is 5.94. The summed E-state index contributed by atoms with van der Waals surface area (Å²) in [7, 11) is 0.